The Labute approximate surface area is 130 Å². The fraction of sp³-hybridized carbons (Fsp3) is 0.941. The minimum absolute atomic E-state index is 0.111. The van der Waals surface area contributed by atoms with E-state index in [1.54, 1.807) is 6.92 Å². The summed E-state index contributed by atoms with van der Waals surface area (Å²) in [6, 6.07) is 0. The lowest BCUT2D eigenvalue weighted by atomic mass is 10.2. The Morgan fingerprint density at radius 1 is 0.810 bits per heavy atom. The molecule has 0 aromatic heterocycles. The van der Waals surface area contributed by atoms with Gasteiger partial charge in [0, 0.05) is 26.2 Å². The maximum absolute atomic E-state index is 11.5. The summed E-state index contributed by atoms with van der Waals surface area (Å²) in [4.78, 5) is 11.5. The number of Topliss-reactive ketones (excluding diaryl/α,β-unsaturated/α-hetero) is 1. The van der Waals surface area contributed by atoms with Crippen molar-refractivity contribution >= 4 is 5.78 Å². The van der Waals surface area contributed by atoms with Gasteiger partial charge in [-0.15, -0.1) is 0 Å². The van der Waals surface area contributed by atoms with Gasteiger partial charge in [0.05, 0.1) is 0 Å². The van der Waals surface area contributed by atoms with Crippen molar-refractivity contribution < 1.29 is 19.0 Å². The molecule has 4 heteroatoms. The van der Waals surface area contributed by atoms with Crippen LogP contribution in [0.5, 0.6) is 0 Å². The Morgan fingerprint density at radius 2 is 1.24 bits per heavy atom. The van der Waals surface area contributed by atoms with Crippen LogP contribution in [0.25, 0.3) is 0 Å². The van der Waals surface area contributed by atoms with Gasteiger partial charge >= 0.3 is 0 Å². The predicted molar refractivity (Wildman–Crippen MR) is 85.5 cm³/mol. The average Bonchev–Trinajstić information content (AvgIpc) is 2.45. The van der Waals surface area contributed by atoms with E-state index >= 15 is 0 Å². The zero-order valence-corrected chi connectivity index (χ0v) is 14.4. The van der Waals surface area contributed by atoms with E-state index < -0.39 is 6.29 Å². The van der Waals surface area contributed by atoms with Gasteiger partial charge in [-0.1, -0.05) is 40.0 Å². The first kappa shape index (κ1) is 20.6. The quantitative estimate of drug-likeness (QED) is 0.337. The first-order valence-electron chi connectivity index (χ1n) is 8.49. The molecule has 0 bridgehead atoms. The molecule has 0 aromatic carbocycles. The smallest absolute Gasteiger partial charge is 0.184 e. The summed E-state index contributed by atoms with van der Waals surface area (Å²) in [5.74, 6) is 0.111. The lowest BCUT2D eigenvalue weighted by molar-refractivity contribution is -0.209. The van der Waals surface area contributed by atoms with Crippen LogP contribution in [-0.2, 0) is 19.0 Å². The molecule has 1 unspecified atom stereocenters. The molecule has 0 radical (unpaired) electrons. The minimum atomic E-state index is -0.427. The second-order valence-electron chi connectivity index (χ2n) is 5.49. The van der Waals surface area contributed by atoms with E-state index in [2.05, 4.69) is 20.8 Å². The number of unbranched alkanes of at least 4 members (excludes halogenated alkanes) is 3. The van der Waals surface area contributed by atoms with Crippen LogP contribution < -0.4 is 0 Å². The topological polar surface area (TPSA) is 44.8 Å². The van der Waals surface area contributed by atoms with Gasteiger partial charge in [-0.3, -0.25) is 4.79 Å². The van der Waals surface area contributed by atoms with Gasteiger partial charge in [-0.05, 0) is 26.2 Å². The van der Waals surface area contributed by atoms with E-state index in [9.17, 15) is 4.79 Å². The van der Waals surface area contributed by atoms with E-state index in [0.29, 0.717) is 26.2 Å². The maximum Gasteiger partial charge on any atom is 0.184 e. The molecule has 0 rings (SSSR count). The van der Waals surface area contributed by atoms with Crippen molar-refractivity contribution in [3.63, 3.8) is 0 Å². The molecule has 0 saturated heterocycles. The highest BCUT2D eigenvalue weighted by molar-refractivity contribution is 5.76. The molecule has 126 valence electrons. The Hall–Kier alpha value is -0.450. The highest BCUT2D eigenvalue weighted by atomic mass is 16.7. The van der Waals surface area contributed by atoms with Crippen LogP contribution in [0.1, 0.15) is 72.6 Å². The zero-order valence-electron chi connectivity index (χ0n) is 14.4. The van der Waals surface area contributed by atoms with Crippen LogP contribution in [0.4, 0.5) is 0 Å². The summed E-state index contributed by atoms with van der Waals surface area (Å²) in [6.07, 6.45) is 5.85. The zero-order chi connectivity index (χ0) is 15.9. The van der Waals surface area contributed by atoms with E-state index in [1.165, 1.54) is 0 Å². The summed E-state index contributed by atoms with van der Waals surface area (Å²) < 4.78 is 17.5. The van der Waals surface area contributed by atoms with Gasteiger partial charge in [0.25, 0.3) is 0 Å². The second-order valence-corrected chi connectivity index (χ2v) is 5.49. The van der Waals surface area contributed by atoms with E-state index in [0.717, 1.165) is 38.5 Å². The normalized spacial score (nSPS) is 12.8. The lowest BCUT2D eigenvalue weighted by Gasteiger charge is -2.27. The molecule has 21 heavy (non-hydrogen) atoms. The first-order valence-corrected chi connectivity index (χ1v) is 8.49. The van der Waals surface area contributed by atoms with E-state index in [1.807, 2.05) is 0 Å². The molecule has 0 aliphatic rings. The van der Waals surface area contributed by atoms with Gasteiger partial charge in [-0.25, -0.2) is 0 Å². The number of ether oxygens (including phenoxy) is 3. The largest absolute Gasteiger partial charge is 0.372 e. The van der Waals surface area contributed by atoms with Crippen LogP contribution >= 0.6 is 0 Å². The van der Waals surface area contributed by atoms with Gasteiger partial charge in [-0.2, -0.15) is 0 Å². The van der Waals surface area contributed by atoms with Crippen LogP contribution in [0.2, 0.25) is 0 Å². The van der Waals surface area contributed by atoms with E-state index in [-0.39, 0.29) is 11.9 Å². The Morgan fingerprint density at radius 3 is 1.62 bits per heavy atom. The second kappa shape index (κ2) is 14.5. The summed E-state index contributed by atoms with van der Waals surface area (Å²) in [5.41, 5.74) is 0. The highest BCUT2D eigenvalue weighted by Crippen LogP contribution is 2.14. The number of carbonyl (C=O) groups excluding carboxylic acids is 1. The third-order valence-corrected chi connectivity index (χ3v) is 3.18. The van der Waals surface area contributed by atoms with Crippen molar-refractivity contribution in [2.75, 3.05) is 19.8 Å². The average molecular weight is 302 g/mol. The Balaban J connectivity index is 4.48. The van der Waals surface area contributed by atoms with Gasteiger partial charge in [0.1, 0.15) is 11.9 Å². The van der Waals surface area contributed by atoms with Crippen LogP contribution in [0.15, 0.2) is 0 Å². The predicted octanol–water partition coefficient (Wildman–Crippen LogP) is 4.11. The molecule has 0 heterocycles. The lowest BCUT2D eigenvalue weighted by Crippen LogP contribution is -2.36. The number of ketones is 1. The first-order chi connectivity index (χ1) is 10.2. The van der Waals surface area contributed by atoms with Crippen LogP contribution in [-0.4, -0.2) is 38.0 Å². The summed E-state index contributed by atoms with van der Waals surface area (Å²) in [6.45, 7) is 9.92. The molecule has 0 N–H and O–H groups in total. The molecule has 0 saturated carbocycles. The number of hydrogen-bond donors (Lipinski definition) is 0. The molecular weight excluding hydrogens is 268 g/mol. The number of hydrogen-bond acceptors (Lipinski definition) is 4. The van der Waals surface area contributed by atoms with Crippen molar-refractivity contribution in [1.82, 2.24) is 0 Å². The number of carbonyl (C=O) groups is 1. The van der Waals surface area contributed by atoms with Crippen molar-refractivity contribution in [3.8, 4) is 0 Å². The SMILES string of the molecule is CCCCOC(CC(C)=O)C(OCCCC)OCCCC. The van der Waals surface area contributed by atoms with Crippen molar-refractivity contribution in [1.29, 1.82) is 0 Å². The highest BCUT2D eigenvalue weighted by Gasteiger charge is 2.25. The molecule has 0 amide bonds. The fourth-order valence-corrected chi connectivity index (χ4v) is 1.85. The third-order valence-electron chi connectivity index (χ3n) is 3.18. The molecular formula is C17H34O4. The molecule has 1 atom stereocenters. The van der Waals surface area contributed by atoms with Crippen molar-refractivity contribution in [3.05, 3.63) is 0 Å². The monoisotopic (exact) mass is 302 g/mol. The van der Waals surface area contributed by atoms with Crippen molar-refractivity contribution in [2.45, 2.75) is 85.0 Å². The molecule has 0 fully saturated rings. The van der Waals surface area contributed by atoms with Gasteiger partial charge in [0.2, 0.25) is 0 Å². The summed E-state index contributed by atoms with van der Waals surface area (Å²) >= 11 is 0. The summed E-state index contributed by atoms with van der Waals surface area (Å²) in [7, 11) is 0. The fourth-order valence-electron chi connectivity index (χ4n) is 1.85. The molecule has 0 aliphatic carbocycles. The van der Waals surface area contributed by atoms with Crippen LogP contribution in [0.3, 0.4) is 0 Å². The molecule has 4 nitrogen and oxygen atoms in total. The minimum Gasteiger partial charge on any atom is -0.372 e. The molecule has 0 aromatic rings. The van der Waals surface area contributed by atoms with Gasteiger partial charge < -0.3 is 14.2 Å². The Bertz CT molecular complexity index is 233. The Kier molecular flexibility index (Phi) is 14.2. The molecule has 0 aliphatic heterocycles. The maximum atomic E-state index is 11.5. The summed E-state index contributed by atoms with van der Waals surface area (Å²) in [5, 5.41) is 0. The van der Waals surface area contributed by atoms with Crippen LogP contribution in [0, 0.1) is 0 Å². The third kappa shape index (κ3) is 11.8. The van der Waals surface area contributed by atoms with Gasteiger partial charge in [0.15, 0.2) is 6.29 Å². The van der Waals surface area contributed by atoms with E-state index in [4.69, 9.17) is 14.2 Å². The van der Waals surface area contributed by atoms with Crippen molar-refractivity contribution in [2.24, 2.45) is 0 Å². The molecule has 0 spiro atoms. The number of rotatable bonds is 15. The standard InChI is InChI=1S/C17H34O4/c1-5-8-11-19-16(14-15(4)18)17(20-12-9-6-2)21-13-10-7-3/h16-17H,5-14H2,1-4H3.